The van der Waals surface area contributed by atoms with Gasteiger partial charge in [0.1, 0.15) is 0 Å². The molecular weight excluding hydrogens is 174 g/mol. The highest BCUT2D eigenvalue weighted by atomic mass is 16.5. The zero-order valence-electron chi connectivity index (χ0n) is 8.20. The second-order valence-corrected chi connectivity index (χ2v) is 4.52. The second-order valence-electron chi connectivity index (χ2n) is 4.52. The van der Waals surface area contributed by atoms with Crippen LogP contribution in [-0.2, 0) is 10.3 Å². The Balaban J connectivity index is 1.91. The molecule has 2 N–H and O–H groups in total. The van der Waals surface area contributed by atoms with Crippen molar-refractivity contribution in [2.24, 2.45) is 5.73 Å². The molecule has 74 valence electrons. The first kappa shape index (κ1) is 8.45. The van der Waals surface area contributed by atoms with E-state index >= 15 is 0 Å². The first-order valence-electron chi connectivity index (χ1n) is 5.25. The summed E-state index contributed by atoms with van der Waals surface area (Å²) in [6.45, 7) is 1.75. The van der Waals surface area contributed by atoms with Gasteiger partial charge in [0.2, 0.25) is 0 Å². The monoisotopic (exact) mass is 189 g/mol. The molecule has 1 aliphatic carbocycles. The van der Waals surface area contributed by atoms with E-state index in [4.69, 9.17) is 10.5 Å². The van der Waals surface area contributed by atoms with Gasteiger partial charge in [-0.05, 0) is 24.0 Å². The van der Waals surface area contributed by atoms with E-state index < -0.39 is 0 Å². The Morgan fingerprint density at radius 2 is 2.07 bits per heavy atom. The van der Waals surface area contributed by atoms with Crippen molar-refractivity contribution < 1.29 is 4.74 Å². The molecule has 1 saturated carbocycles. The van der Waals surface area contributed by atoms with Crippen molar-refractivity contribution >= 4 is 0 Å². The molecule has 1 aromatic rings. The van der Waals surface area contributed by atoms with Crippen LogP contribution in [0.3, 0.4) is 0 Å². The van der Waals surface area contributed by atoms with Gasteiger partial charge in [0.15, 0.2) is 0 Å². The predicted molar refractivity (Wildman–Crippen MR) is 55.1 cm³/mol. The van der Waals surface area contributed by atoms with E-state index in [-0.39, 0.29) is 5.54 Å². The van der Waals surface area contributed by atoms with Gasteiger partial charge in [-0.1, -0.05) is 24.3 Å². The first-order valence-corrected chi connectivity index (χ1v) is 5.25. The van der Waals surface area contributed by atoms with Gasteiger partial charge in [0, 0.05) is 11.5 Å². The van der Waals surface area contributed by atoms with Crippen LogP contribution in [-0.4, -0.2) is 13.2 Å². The zero-order valence-corrected chi connectivity index (χ0v) is 8.20. The van der Waals surface area contributed by atoms with Gasteiger partial charge in [-0.25, -0.2) is 0 Å². The van der Waals surface area contributed by atoms with Gasteiger partial charge in [-0.2, -0.15) is 0 Å². The summed E-state index contributed by atoms with van der Waals surface area (Å²) in [6.07, 6.45) is 2.27. The molecular formula is C12H15NO. The molecule has 2 nitrogen and oxygen atoms in total. The summed E-state index contributed by atoms with van der Waals surface area (Å²) in [5.74, 6) is 0.609. The van der Waals surface area contributed by atoms with Crippen LogP contribution in [0.15, 0.2) is 24.3 Å². The molecule has 3 rings (SSSR count). The van der Waals surface area contributed by atoms with Crippen LogP contribution in [0.25, 0.3) is 0 Å². The summed E-state index contributed by atoms with van der Waals surface area (Å²) in [5, 5.41) is 0. The van der Waals surface area contributed by atoms with Crippen molar-refractivity contribution in [2.75, 3.05) is 13.2 Å². The fraction of sp³-hybridized carbons (Fsp3) is 0.500. The van der Waals surface area contributed by atoms with Crippen LogP contribution < -0.4 is 5.73 Å². The van der Waals surface area contributed by atoms with Crippen molar-refractivity contribution in [1.29, 1.82) is 0 Å². The van der Waals surface area contributed by atoms with E-state index in [1.807, 2.05) is 0 Å². The van der Waals surface area contributed by atoms with Gasteiger partial charge in [0.05, 0.1) is 13.2 Å². The van der Waals surface area contributed by atoms with Crippen LogP contribution >= 0.6 is 0 Å². The number of hydrogen-bond donors (Lipinski definition) is 1. The summed E-state index contributed by atoms with van der Waals surface area (Å²) in [6, 6.07) is 8.72. The minimum Gasteiger partial charge on any atom is -0.380 e. The van der Waals surface area contributed by atoms with E-state index in [1.165, 1.54) is 11.1 Å². The SMILES string of the molecule is NC1(c2cccc(C3COC3)c2)CC1. The predicted octanol–water partition coefficient (Wildman–Crippen LogP) is 1.75. The molecule has 2 heteroatoms. The van der Waals surface area contributed by atoms with Gasteiger partial charge in [0.25, 0.3) is 0 Å². The average Bonchev–Trinajstić information content (AvgIpc) is 2.83. The topological polar surface area (TPSA) is 35.2 Å². The number of nitrogens with two attached hydrogens (primary N) is 1. The highest BCUT2D eigenvalue weighted by Gasteiger charge is 2.40. The summed E-state index contributed by atoms with van der Waals surface area (Å²) in [5.41, 5.74) is 8.87. The third kappa shape index (κ3) is 1.26. The van der Waals surface area contributed by atoms with Crippen LogP contribution in [0.1, 0.15) is 29.9 Å². The Morgan fingerprint density at radius 1 is 1.29 bits per heavy atom. The van der Waals surface area contributed by atoms with Crippen molar-refractivity contribution in [3.05, 3.63) is 35.4 Å². The van der Waals surface area contributed by atoms with Crippen LogP contribution in [0.5, 0.6) is 0 Å². The quantitative estimate of drug-likeness (QED) is 0.769. The number of ether oxygens (including phenoxy) is 1. The molecule has 0 radical (unpaired) electrons. The Hall–Kier alpha value is -0.860. The number of benzene rings is 1. The smallest absolute Gasteiger partial charge is 0.0557 e. The lowest BCUT2D eigenvalue weighted by molar-refractivity contribution is 0.00838. The molecule has 14 heavy (non-hydrogen) atoms. The molecule has 0 unspecified atom stereocenters. The largest absolute Gasteiger partial charge is 0.380 e. The van der Waals surface area contributed by atoms with E-state index in [0.29, 0.717) is 5.92 Å². The van der Waals surface area contributed by atoms with E-state index in [1.54, 1.807) is 0 Å². The van der Waals surface area contributed by atoms with Gasteiger partial charge < -0.3 is 10.5 Å². The maximum absolute atomic E-state index is 6.17. The van der Waals surface area contributed by atoms with Crippen molar-refractivity contribution in [1.82, 2.24) is 0 Å². The summed E-state index contributed by atoms with van der Waals surface area (Å²) < 4.78 is 5.20. The fourth-order valence-electron chi connectivity index (χ4n) is 1.95. The Labute approximate surface area is 84.1 Å². The van der Waals surface area contributed by atoms with Gasteiger partial charge in [-0.15, -0.1) is 0 Å². The number of hydrogen-bond acceptors (Lipinski definition) is 2. The lowest BCUT2D eigenvalue weighted by Crippen LogP contribution is -2.26. The maximum atomic E-state index is 6.17. The molecule has 1 heterocycles. The van der Waals surface area contributed by atoms with E-state index in [2.05, 4.69) is 24.3 Å². The highest BCUT2D eigenvalue weighted by Crippen LogP contribution is 2.43. The lowest BCUT2D eigenvalue weighted by Gasteiger charge is -2.27. The number of rotatable bonds is 2. The molecule has 1 saturated heterocycles. The molecule has 0 amide bonds. The Bertz CT molecular complexity index is 353. The summed E-state index contributed by atoms with van der Waals surface area (Å²) in [7, 11) is 0. The molecule has 1 aliphatic heterocycles. The van der Waals surface area contributed by atoms with Crippen molar-refractivity contribution in [3.63, 3.8) is 0 Å². The fourth-order valence-corrected chi connectivity index (χ4v) is 1.95. The third-order valence-electron chi connectivity index (χ3n) is 3.36. The molecule has 2 aliphatic rings. The minimum atomic E-state index is 0.000609. The molecule has 0 spiro atoms. The van der Waals surface area contributed by atoms with Crippen molar-refractivity contribution in [2.45, 2.75) is 24.3 Å². The normalized spacial score (nSPS) is 24.4. The molecule has 0 bridgehead atoms. The van der Waals surface area contributed by atoms with Gasteiger partial charge in [-0.3, -0.25) is 0 Å². The average molecular weight is 189 g/mol. The zero-order chi connectivity index (χ0) is 9.60. The second kappa shape index (κ2) is 2.81. The van der Waals surface area contributed by atoms with Crippen molar-refractivity contribution in [3.8, 4) is 0 Å². The van der Waals surface area contributed by atoms with Crippen LogP contribution in [0.4, 0.5) is 0 Å². The van der Waals surface area contributed by atoms with Gasteiger partial charge >= 0.3 is 0 Å². The molecule has 0 aromatic heterocycles. The molecule has 1 aromatic carbocycles. The maximum Gasteiger partial charge on any atom is 0.0557 e. The Kier molecular flexibility index (Phi) is 1.70. The molecule has 2 fully saturated rings. The molecule has 0 atom stereocenters. The van der Waals surface area contributed by atoms with Crippen LogP contribution in [0.2, 0.25) is 0 Å². The summed E-state index contributed by atoms with van der Waals surface area (Å²) in [4.78, 5) is 0. The minimum absolute atomic E-state index is 0.000609. The summed E-state index contributed by atoms with van der Waals surface area (Å²) >= 11 is 0. The standard InChI is InChI=1S/C12H15NO/c13-12(4-5-12)11-3-1-2-9(6-11)10-7-14-8-10/h1-3,6,10H,4-5,7-8,13H2. The highest BCUT2D eigenvalue weighted by molar-refractivity contribution is 5.35. The third-order valence-corrected chi connectivity index (χ3v) is 3.36. The van der Waals surface area contributed by atoms with E-state index in [9.17, 15) is 0 Å². The van der Waals surface area contributed by atoms with E-state index in [0.717, 1.165) is 26.1 Å². The first-order chi connectivity index (χ1) is 6.78. The Morgan fingerprint density at radius 3 is 2.64 bits per heavy atom. The van der Waals surface area contributed by atoms with Crippen LogP contribution in [0, 0.1) is 0 Å². The lowest BCUT2D eigenvalue weighted by atomic mass is 9.93.